The number of hydrogen-bond donors (Lipinski definition) is 0. The molecule has 11 rings (SSSR count). The molecule has 2 aliphatic heterocycles. The molecule has 5 aromatic carbocycles. The highest BCUT2D eigenvalue weighted by Gasteiger charge is 2.42. The Kier molecular flexibility index (Phi) is 5.06. The lowest BCUT2D eigenvalue weighted by Gasteiger charge is -2.30. The van der Waals surface area contributed by atoms with E-state index in [4.69, 9.17) is 9.41 Å². The molecule has 9 aromatic rings. The minimum Gasteiger partial charge on any atom is -0.456 e. The van der Waals surface area contributed by atoms with Gasteiger partial charge in [0.15, 0.2) is 6.20 Å². The second-order valence-corrected chi connectivity index (χ2v) is 13.4. The summed E-state index contributed by atoms with van der Waals surface area (Å²) >= 11 is 0. The summed E-state index contributed by atoms with van der Waals surface area (Å²) in [5.41, 5.74) is 13.5. The minimum absolute atomic E-state index is 0.0160. The van der Waals surface area contributed by atoms with Crippen molar-refractivity contribution in [2.45, 2.75) is 24.8 Å². The van der Waals surface area contributed by atoms with Gasteiger partial charge in [0.25, 0.3) is 0 Å². The summed E-state index contributed by atoms with van der Waals surface area (Å²) in [6.45, 7) is 8.90. The molecule has 2 atom stereocenters. The van der Waals surface area contributed by atoms with Crippen LogP contribution in [0.1, 0.15) is 35.1 Å². The SMILES string of the molecule is C=C/C1=N/C(=C)C2C(CCc3cc4c(cc31)c1cc3oc5ccccc5c3c3c5ccccc5n4c13)c1ccccc1-c1cccc[n+]12. The lowest BCUT2D eigenvalue weighted by atomic mass is 9.78. The highest BCUT2D eigenvalue weighted by Crippen LogP contribution is 2.48. The summed E-state index contributed by atoms with van der Waals surface area (Å²) in [5, 5.41) is 7.24. The molecule has 0 aliphatic carbocycles. The summed E-state index contributed by atoms with van der Waals surface area (Å²) in [4.78, 5) is 5.31. The number of para-hydroxylation sites is 2. The number of nitrogens with zero attached hydrogens (tertiary/aromatic N) is 3. The third kappa shape index (κ3) is 3.24. The first-order chi connectivity index (χ1) is 23.7. The van der Waals surface area contributed by atoms with Gasteiger partial charge in [-0.2, -0.15) is 4.57 Å². The number of allylic oxidation sites excluding steroid dienone is 2. The number of benzene rings is 5. The Hall–Kier alpha value is -6.00. The van der Waals surface area contributed by atoms with Gasteiger partial charge in [-0.3, -0.25) is 0 Å². The third-order valence-electron chi connectivity index (χ3n) is 11.0. The van der Waals surface area contributed by atoms with Crippen LogP contribution >= 0.6 is 0 Å². The van der Waals surface area contributed by atoms with Crippen LogP contribution < -0.4 is 4.57 Å². The molecule has 48 heavy (non-hydrogen) atoms. The smallest absolute Gasteiger partial charge is 0.213 e. The van der Waals surface area contributed by atoms with E-state index in [0.29, 0.717) is 0 Å². The van der Waals surface area contributed by atoms with Gasteiger partial charge in [-0.25, -0.2) is 4.99 Å². The van der Waals surface area contributed by atoms with Crippen LogP contribution in [0.25, 0.3) is 71.3 Å². The van der Waals surface area contributed by atoms with Crippen molar-refractivity contribution in [3.8, 4) is 11.3 Å². The number of hydrogen-bond acceptors (Lipinski definition) is 2. The first-order valence-corrected chi connectivity index (χ1v) is 16.7. The largest absolute Gasteiger partial charge is 0.456 e. The van der Waals surface area contributed by atoms with Crippen LogP contribution in [0.15, 0.2) is 150 Å². The summed E-state index contributed by atoms with van der Waals surface area (Å²) in [7, 11) is 0. The second-order valence-electron chi connectivity index (χ2n) is 13.4. The molecule has 4 heteroatoms. The first kappa shape index (κ1) is 26.1. The Labute approximate surface area is 276 Å². The molecule has 0 radical (unpaired) electrons. The average molecular weight is 617 g/mol. The van der Waals surface area contributed by atoms with Crippen molar-refractivity contribution >= 4 is 65.7 Å². The molecular formula is C44H30N3O+. The van der Waals surface area contributed by atoms with Gasteiger partial charge in [-0.1, -0.05) is 67.8 Å². The number of aryl methyl sites for hydroxylation is 1. The van der Waals surface area contributed by atoms with E-state index in [2.05, 4.69) is 131 Å². The lowest BCUT2D eigenvalue weighted by Crippen LogP contribution is -2.48. The predicted molar refractivity (Wildman–Crippen MR) is 196 cm³/mol. The average Bonchev–Trinajstić information content (AvgIpc) is 3.78. The number of aromatic nitrogens is 2. The van der Waals surface area contributed by atoms with Crippen LogP contribution in [0.2, 0.25) is 0 Å². The maximum absolute atomic E-state index is 6.53. The molecule has 0 saturated carbocycles. The first-order valence-electron chi connectivity index (χ1n) is 16.7. The van der Waals surface area contributed by atoms with Crippen LogP contribution in [-0.4, -0.2) is 10.1 Å². The Balaban J connectivity index is 1.22. The Morgan fingerprint density at radius 2 is 1.56 bits per heavy atom. The van der Waals surface area contributed by atoms with Crippen molar-refractivity contribution in [1.82, 2.24) is 4.40 Å². The zero-order chi connectivity index (χ0) is 31.7. The van der Waals surface area contributed by atoms with Crippen molar-refractivity contribution in [3.05, 3.63) is 157 Å². The van der Waals surface area contributed by atoms with E-state index in [-0.39, 0.29) is 12.0 Å². The Bertz CT molecular complexity index is 2900. The van der Waals surface area contributed by atoms with Crippen LogP contribution in [0.3, 0.4) is 0 Å². The van der Waals surface area contributed by atoms with E-state index in [1.807, 2.05) is 12.1 Å². The molecule has 2 aliphatic rings. The van der Waals surface area contributed by atoms with Gasteiger partial charge >= 0.3 is 0 Å². The number of furan rings is 1. The van der Waals surface area contributed by atoms with Crippen LogP contribution in [0.4, 0.5) is 0 Å². The topological polar surface area (TPSA) is 33.8 Å². The Morgan fingerprint density at radius 3 is 2.48 bits per heavy atom. The molecular weight excluding hydrogens is 587 g/mol. The van der Waals surface area contributed by atoms with E-state index >= 15 is 0 Å². The van der Waals surface area contributed by atoms with Crippen molar-refractivity contribution in [2.24, 2.45) is 4.99 Å². The van der Waals surface area contributed by atoms with Crippen molar-refractivity contribution in [1.29, 1.82) is 0 Å². The molecule has 4 aromatic heterocycles. The second kappa shape index (κ2) is 9.30. The Morgan fingerprint density at radius 1 is 0.750 bits per heavy atom. The fourth-order valence-electron chi connectivity index (χ4n) is 9.10. The highest BCUT2D eigenvalue weighted by atomic mass is 16.3. The molecule has 0 bridgehead atoms. The molecule has 0 N–H and O–H groups in total. The van der Waals surface area contributed by atoms with E-state index in [1.165, 1.54) is 65.9 Å². The molecule has 0 spiro atoms. The maximum Gasteiger partial charge on any atom is 0.213 e. The van der Waals surface area contributed by atoms with Gasteiger partial charge in [-0.15, -0.1) is 0 Å². The van der Waals surface area contributed by atoms with Crippen LogP contribution in [-0.2, 0) is 6.42 Å². The molecule has 0 amide bonds. The number of fused-ring (bicyclic) bond motifs is 17. The fourth-order valence-corrected chi connectivity index (χ4v) is 9.10. The summed E-state index contributed by atoms with van der Waals surface area (Å²) in [6, 6.07) is 39.6. The highest BCUT2D eigenvalue weighted by molar-refractivity contribution is 6.35. The summed E-state index contributed by atoms with van der Waals surface area (Å²) < 4.78 is 11.4. The quantitative estimate of drug-likeness (QED) is 0.169. The molecule has 0 fully saturated rings. The standard InChI is InChI=1S/C44H30N3O/c1-3-35-32-23-33-34-24-40-41(31-15-7-9-18-39(31)48-40)42-30-14-6-8-17-37(30)47(44(34)42)38(33)22-26(32)19-20-29-27-12-4-5-13-28(27)36-16-10-11-21-46(36)43(29)25(2)45-35/h3-18,21-24,29,43H,1-2,19-20H2/q+1/b45-35-. The molecule has 6 heterocycles. The molecule has 226 valence electrons. The number of pyridine rings is 1. The van der Waals surface area contributed by atoms with E-state index in [1.54, 1.807) is 0 Å². The van der Waals surface area contributed by atoms with Crippen molar-refractivity contribution in [2.75, 3.05) is 0 Å². The third-order valence-corrected chi connectivity index (χ3v) is 11.0. The van der Waals surface area contributed by atoms with Gasteiger partial charge < -0.3 is 8.82 Å². The van der Waals surface area contributed by atoms with E-state index in [9.17, 15) is 0 Å². The fraction of sp³-hybridized carbons (Fsp3) is 0.0909. The van der Waals surface area contributed by atoms with E-state index < -0.39 is 0 Å². The summed E-state index contributed by atoms with van der Waals surface area (Å²) in [5.74, 6) is 0.235. The lowest BCUT2D eigenvalue weighted by molar-refractivity contribution is -0.709. The van der Waals surface area contributed by atoms with Crippen molar-refractivity contribution in [3.63, 3.8) is 0 Å². The van der Waals surface area contributed by atoms with E-state index in [0.717, 1.165) is 46.4 Å². The predicted octanol–water partition coefficient (Wildman–Crippen LogP) is 10.5. The molecule has 2 unspecified atom stereocenters. The van der Waals surface area contributed by atoms with Gasteiger partial charge in [0.05, 0.1) is 28.2 Å². The van der Waals surface area contributed by atoms with Crippen molar-refractivity contribution < 1.29 is 8.98 Å². The normalized spacial score (nSPS) is 18.8. The maximum atomic E-state index is 6.53. The van der Waals surface area contributed by atoms with Crippen LogP contribution in [0.5, 0.6) is 0 Å². The van der Waals surface area contributed by atoms with Crippen LogP contribution in [0, 0.1) is 0 Å². The number of aliphatic imine (C=N–C) groups is 1. The molecule has 0 saturated heterocycles. The molecule has 4 nitrogen and oxygen atoms in total. The van der Waals surface area contributed by atoms with Gasteiger partial charge in [0.2, 0.25) is 11.7 Å². The zero-order valence-electron chi connectivity index (χ0n) is 26.3. The van der Waals surface area contributed by atoms with Gasteiger partial charge in [-0.05, 0) is 72.5 Å². The van der Waals surface area contributed by atoms with Gasteiger partial charge in [0, 0.05) is 55.6 Å². The monoisotopic (exact) mass is 616 g/mol. The minimum atomic E-state index is 0.0160. The zero-order valence-corrected chi connectivity index (χ0v) is 26.3. The summed E-state index contributed by atoms with van der Waals surface area (Å²) in [6.07, 6.45) is 5.98. The van der Waals surface area contributed by atoms with Gasteiger partial charge in [0.1, 0.15) is 16.9 Å². The number of rotatable bonds is 1.